The lowest BCUT2D eigenvalue weighted by Crippen LogP contribution is -2.12. The van der Waals surface area contributed by atoms with Crippen molar-refractivity contribution in [1.82, 2.24) is 14.8 Å². The lowest BCUT2D eigenvalue weighted by Gasteiger charge is -2.10. The minimum Gasteiger partial charge on any atom is -0.460 e. The molecule has 6 heteroatoms. The first-order chi connectivity index (χ1) is 14.8. The molecule has 0 bridgehead atoms. The molecule has 0 N–H and O–H groups in total. The number of ether oxygens (including phenoxy) is 2. The fraction of sp³-hybridized carbons (Fsp3) is 0.208. The van der Waals surface area contributed by atoms with Crippen molar-refractivity contribution in [2.75, 3.05) is 19.8 Å². The predicted molar refractivity (Wildman–Crippen MR) is 115 cm³/mol. The molecule has 30 heavy (non-hydrogen) atoms. The molecule has 4 rings (SSSR count). The zero-order valence-corrected chi connectivity index (χ0v) is 16.8. The Labute approximate surface area is 175 Å². The number of pyridine rings is 1. The van der Waals surface area contributed by atoms with Gasteiger partial charge in [0, 0.05) is 12.2 Å². The molecule has 0 unspecified atom stereocenters. The summed E-state index contributed by atoms with van der Waals surface area (Å²) in [6.45, 7) is 3.63. The van der Waals surface area contributed by atoms with Crippen molar-refractivity contribution in [3.05, 3.63) is 84.1 Å². The van der Waals surface area contributed by atoms with Gasteiger partial charge in [-0.1, -0.05) is 60.7 Å². The number of esters is 1. The third kappa shape index (κ3) is 4.39. The Morgan fingerprint density at radius 2 is 1.73 bits per heavy atom. The van der Waals surface area contributed by atoms with Gasteiger partial charge in [0.05, 0.1) is 36.0 Å². The van der Waals surface area contributed by atoms with Crippen LogP contribution in [0.5, 0.6) is 0 Å². The van der Waals surface area contributed by atoms with Crippen LogP contribution < -0.4 is 0 Å². The van der Waals surface area contributed by atoms with E-state index in [0.29, 0.717) is 42.0 Å². The molecule has 2 heterocycles. The van der Waals surface area contributed by atoms with Gasteiger partial charge in [-0.25, -0.2) is 14.5 Å². The van der Waals surface area contributed by atoms with Crippen molar-refractivity contribution in [3.63, 3.8) is 0 Å². The average Bonchev–Trinajstić information content (AvgIpc) is 3.20. The zero-order chi connectivity index (χ0) is 20.8. The quantitative estimate of drug-likeness (QED) is 0.325. The van der Waals surface area contributed by atoms with E-state index in [9.17, 15) is 4.79 Å². The number of carbonyl (C=O) groups excluding carboxylic acids is 1. The van der Waals surface area contributed by atoms with Crippen molar-refractivity contribution in [2.45, 2.75) is 13.5 Å². The number of nitrogens with zero attached hydrogens (tertiary/aromatic N) is 3. The Kier molecular flexibility index (Phi) is 6.15. The number of aromatic nitrogens is 3. The summed E-state index contributed by atoms with van der Waals surface area (Å²) in [5, 5.41) is 5.17. The van der Waals surface area contributed by atoms with Crippen LogP contribution in [-0.2, 0) is 16.0 Å². The number of fused-ring (bicyclic) bond motifs is 1. The molecule has 0 fully saturated rings. The maximum absolute atomic E-state index is 12.8. The number of hydrogen-bond acceptors (Lipinski definition) is 5. The van der Waals surface area contributed by atoms with E-state index in [2.05, 4.69) is 5.10 Å². The fourth-order valence-corrected chi connectivity index (χ4v) is 3.26. The first kappa shape index (κ1) is 19.8. The lowest BCUT2D eigenvalue weighted by atomic mass is 10.1. The molecular formula is C24H23N3O3. The van der Waals surface area contributed by atoms with E-state index in [1.165, 1.54) is 0 Å². The summed E-state index contributed by atoms with van der Waals surface area (Å²) < 4.78 is 12.5. The maximum Gasteiger partial charge on any atom is 0.339 e. The van der Waals surface area contributed by atoms with Crippen LogP contribution in [0.15, 0.2) is 72.9 Å². The van der Waals surface area contributed by atoms with E-state index in [4.69, 9.17) is 14.5 Å². The Balaban J connectivity index is 1.74. The van der Waals surface area contributed by atoms with E-state index in [0.717, 1.165) is 11.1 Å². The molecule has 0 radical (unpaired) electrons. The summed E-state index contributed by atoms with van der Waals surface area (Å²) in [7, 11) is 0. The average molecular weight is 401 g/mol. The normalized spacial score (nSPS) is 11.0. The molecule has 0 amide bonds. The predicted octanol–water partition coefficient (Wildman–Crippen LogP) is 4.34. The van der Waals surface area contributed by atoms with Crippen LogP contribution in [0, 0.1) is 0 Å². The smallest absolute Gasteiger partial charge is 0.339 e. The fourth-order valence-electron chi connectivity index (χ4n) is 3.26. The van der Waals surface area contributed by atoms with Crippen molar-refractivity contribution < 1.29 is 14.3 Å². The van der Waals surface area contributed by atoms with Gasteiger partial charge in [-0.05, 0) is 18.6 Å². The first-order valence-electron chi connectivity index (χ1n) is 9.97. The highest BCUT2D eigenvalue weighted by atomic mass is 16.6. The zero-order valence-electron chi connectivity index (χ0n) is 16.8. The van der Waals surface area contributed by atoms with Crippen LogP contribution >= 0.6 is 0 Å². The minimum absolute atomic E-state index is 0.204. The van der Waals surface area contributed by atoms with Gasteiger partial charge >= 0.3 is 5.97 Å². The van der Waals surface area contributed by atoms with Gasteiger partial charge in [0.1, 0.15) is 6.61 Å². The van der Waals surface area contributed by atoms with Gasteiger partial charge in [0.15, 0.2) is 5.65 Å². The Bertz CT molecular complexity index is 1120. The van der Waals surface area contributed by atoms with Gasteiger partial charge in [-0.15, -0.1) is 0 Å². The van der Waals surface area contributed by atoms with Crippen LogP contribution in [0.3, 0.4) is 0 Å². The van der Waals surface area contributed by atoms with Crippen LogP contribution in [0.4, 0.5) is 0 Å². The third-order valence-corrected chi connectivity index (χ3v) is 4.74. The SMILES string of the molecule is CCOCCOC(=O)c1cc(-c2ccccc2)nc2c1cnn2Cc1ccccc1. The summed E-state index contributed by atoms with van der Waals surface area (Å²) in [6.07, 6.45) is 1.68. The summed E-state index contributed by atoms with van der Waals surface area (Å²) in [6, 6.07) is 21.6. The van der Waals surface area contributed by atoms with Gasteiger partial charge in [0.25, 0.3) is 0 Å². The van der Waals surface area contributed by atoms with Crippen molar-refractivity contribution in [1.29, 1.82) is 0 Å². The van der Waals surface area contributed by atoms with Gasteiger partial charge in [0.2, 0.25) is 0 Å². The van der Waals surface area contributed by atoms with E-state index in [1.807, 2.05) is 72.3 Å². The molecule has 0 aliphatic carbocycles. The van der Waals surface area contributed by atoms with Crippen LogP contribution in [0.1, 0.15) is 22.8 Å². The van der Waals surface area contributed by atoms with Crippen molar-refractivity contribution in [2.24, 2.45) is 0 Å². The van der Waals surface area contributed by atoms with Crippen molar-refractivity contribution in [3.8, 4) is 11.3 Å². The molecule has 0 aliphatic heterocycles. The molecule has 152 valence electrons. The summed E-state index contributed by atoms with van der Waals surface area (Å²) in [5.74, 6) is -0.404. The highest BCUT2D eigenvalue weighted by Gasteiger charge is 2.18. The summed E-state index contributed by atoms with van der Waals surface area (Å²) >= 11 is 0. The van der Waals surface area contributed by atoms with Crippen molar-refractivity contribution >= 4 is 17.0 Å². The monoisotopic (exact) mass is 401 g/mol. The molecular weight excluding hydrogens is 378 g/mol. The largest absolute Gasteiger partial charge is 0.460 e. The number of rotatable bonds is 8. The molecule has 4 aromatic rings. The van der Waals surface area contributed by atoms with E-state index >= 15 is 0 Å². The lowest BCUT2D eigenvalue weighted by molar-refractivity contribution is 0.0337. The standard InChI is InChI=1S/C24H23N3O3/c1-2-29-13-14-30-24(28)20-15-22(19-11-7-4-8-12-19)26-23-21(20)16-25-27(23)17-18-9-5-3-6-10-18/h3-12,15-16H,2,13-14,17H2,1H3. The molecule has 0 atom stereocenters. The van der Waals surface area contributed by atoms with Crippen LogP contribution in [0.2, 0.25) is 0 Å². The summed E-state index contributed by atoms with van der Waals surface area (Å²) in [4.78, 5) is 17.7. The van der Waals surface area contributed by atoms with E-state index in [1.54, 1.807) is 12.3 Å². The maximum atomic E-state index is 12.8. The van der Waals surface area contributed by atoms with Crippen LogP contribution in [-0.4, -0.2) is 40.6 Å². The van der Waals surface area contributed by atoms with Gasteiger partial charge < -0.3 is 9.47 Å². The minimum atomic E-state index is -0.404. The highest BCUT2D eigenvalue weighted by molar-refractivity contribution is 6.03. The Hall–Kier alpha value is -3.51. The second-order valence-corrected chi connectivity index (χ2v) is 6.78. The Morgan fingerprint density at radius 3 is 2.47 bits per heavy atom. The summed E-state index contributed by atoms with van der Waals surface area (Å²) in [5.41, 5.74) is 3.84. The van der Waals surface area contributed by atoms with Gasteiger partial charge in [-0.3, -0.25) is 0 Å². The van der Waals surface area contributed by atoms with E-state index in [-0.39, 0.29) is 6.61 Å². The molecule has 0 aliphatic rings. The molecule has 0 saturated carbocycles. The molecule has 0 spiro atoms. The number of benzene rings is 2. The molecule has 2 aromatic carbocycles. The molecule has 2 aromatic heterocycles. The van der Waals surface area contributed by atoms with E-state index < -0.39 is 5.97 Å². The van der Waals surface area contributed by atoms with Crippen LogP contribution in [0.25, 0.3) is 22.3 Å². The topological polar surface area (TPSA) is 66.2 Å². The number of carbonyl (C=O) groups is 1. The molecule has 0 saturated heterocycles. The first-order valence-corrected chi connectivity index (χ1v) is 9.97. The molecule has 6 nitrogen and oxygen atoms in total. The second-order valence-electron chi connectivity index (χ2n) is 6.78. The second kappa shape index (κ2) is 9.33. The Morgan fingerprint density at radius 1 is 1.00 bits per heavy atom. The highest BCUT2D eigenvalue weighted by Crippen LogP contribution is 2.26. The third-order valence-electron chi connectivity index (χ3n) is 4.74. The number of hydrogen-bond donors (Lipinski definition) is 0. The van der Waals surface area contributed by atoms with Gasteiger partial charge in [-0.2, -0.15) is 5.10 Å².